The SMILES string of the molecule is COCCN(C)C(=O)c1cnn(C)c1C(=O)Nc1ccn2nc(-c3ccccc3OC)nc2c1. The molecule has 0 aliphatic rings. The summed E-state index contributed by atoms with van der Waals surface area (Å²) in [6.07, 6.45) is 3.09. The predicted molar refractivity (Wildman–Crippen MR) is 125 cm³/mol. The van der Waals surface area contributed by atoms with E-state index in [1.54, 1.807) is 51.2 Å². The molecule has 0 saturated heterocycles. The van der Waals surface area contributed by atoms with Gasteiger partial charge < -0.3 is 19.7 Å². The van der Waals surface area contributed by atoms with Crippen LogP contribution in [0.4, 0.5) is 5.69 Å². The predicted octanol–water partition coefficient (Wildman–Crippen LogP) is 2.11. The Morgan fingerprint density at radius 1 is 1.18 bits per heavy atom. The van der Waals surface area contributed by atoms with E-state index in [4.69, 9.17) is 9.47 Å². The minimum Gasteiger partial charge on any atom is -0.496 e. The average molecular weight is 463 g/mol. The van der Waals surface area contributed by atoms with E-state index in [-0.39, 0.29) is 17.2 Å². The Kier molecular flexibility index (Phi) is 6.55. The monoisotopic (exact) mass is 463 g/mol. The van der Waals surface area contributed by atoms with Gasteiger partial charge in [-0.15, -0.1) is 5.10 Å². The highest BCUT2D eigenvalue weighted by Gasteiger charge is 2.24. The summed E-state index contributed by atoms with van der Waals surface area (Å²) in [5, 5.41) is 11.4. The van der Waals surface area contributed by atoms with Gasteiger partial charge in [0.15, 0.2) is 11.5 Å². The Bertz CT molecular complexity index is 1340. The maximum absolute atomic E-state index is 13.1. The van der Waals surface area contributed by atoms with Crippen molar-refractivity contribution in [2.45, 2.75) is 0 Å². The number of amides is 2. The van der Waals surface area contributed by atoms with Crippen LogP contribution in [-0.2, 0) is 11.8 Å². The number of rotatable bonds is 8. The Labute approximate surface area is 195 Å². The van der Waals surface area contributed by atoms with Gasteiger partial charge in [0.1, 0.15) is 11.4 Å². The van der Waals surface area contributed by atoms with Crippen LogP contribution in [0.25, 0.3) is 17.0 Å². The molecule has 0 aliphatic carbocycles. The molecule has 0 saturated carbocycles. The van der Waals surface area contributed by atoms with Crippen molar-refractivity contribution in [3.05, 3.63) is 60.0 Å². The molecule has 34 heavy (non-hydrogen) atoms. The van der Waals surface area contributed by atoms with Crippen molar-refractivity contribution in [1.82, 2.24) is 29.3 Å². The summed E-state index contributed by atoms with van der Waals surface area (Å²) < 4.78 is 13.4. The molecule has 0 atom stereocenters. The summed E-state index contributed by atoms with van der Waals surface area (Å²) in [5.41, 5.74) is 2.17. The van der Waals surface area contributed by atoms with Crippen LogP contribution >= 0.6 is 0 Å². The number of anilines is 1. The molecule has 176 valence electrons. The van der Waals surface area contributed by atoms with Crippen LogP contribution in [0.2, 0.25) is 0 Å². The third-order valence-electron chi connectivity index (χ3n) is 5.31. The van der Waals surface area contributed by atoms with E-state index in [0.29, 0.717) is 36.1 Å². The lowest BCUT2D eigenvalue weighted by Gasteiger charge is -2.16. The number of likely N-dealkylation sites (N-methyl/N-ethyl adjacent to an activating group) is 1. The minimum atomic E-state index is -0.461. The molecule has 11 heteroatoms. The van der Waals surface area contributed by atoms with Crippen molar-refractivity contribution in [2.24, 2.45) is 7.05 Å². The van der Waals surface area contributed by atoms with Gasteiger partial charge in [-0.1, -0.05) is 12.1 Å². The second-order valence-electron chi connectivity index (χ2n) is 7.56. The van der Waals surface area contributed by atoms with Gasteiger partial charge in [0.05, 0.1) is 31.0 Å². The van der Waals surface area contributed by atoms with Crippen molar-refractivity contribution in [3.8, 4) is 17.1 Å². The Morgan fingerprint density at radius 3 is 2.74 bits per heavy atom. The number of hydrogen-bond donors (Lipinski definition) is 1. The van der Waals surface area contributed by atoms with Crippen LogP contribution in [0.5, 0.6) is 5.75 Å². The fraction of sp³-hybridized carbons (Fsp3) is 0.261. The molecular formula is C23H25N7O4. The molecule has 0 bridgehead atoms. The van der Waals surface area contributed by atoms with Crippen LogP contribution in [0.1, 0.15) is 20.8 Å². The normalized spacial score (nSPS) is 10.9. The molecule has 2 amide bonds. The molecule has 1 aromatic carbocycles. The van der Waals surface area contributed by atoms with Gasteiger partial charge in [0, 0.05) is 45.7 Å². The third-order valence-corrected chi connectivity index (χ3v) is 5.31. The van der Waals surface area contributed by atoms with Gasteiger partial charge in [-0.3, -0.25) is 14.3 Å². The molecule has 0 unspecified atom stereocenters. The molecular weight excluding hydrogens is 438 g/mol. The van der Waals surface area contributed by atoms with E-state index in [1.165, 1.54) is 15.8 Å². The van der Waals surface area contributed by atoms with Gasteiger partial charge >= 0.3 is 0 Å². The summed E-state index contributed by atoms with van der Waals surface area (Å²) >= 11 is 0. The van der Waals surface area contributed by atoms with Gasteiger partial charge in [-0.05, 0) is 18.2 Å². The zero-order valence-corrected chi connectivity index (χ0v) is 19.3. The van der Waals surface area contributed by atoms with Gasteiger partial charge in [0.2, 0.25) is 0 Å². The number of carbonyl (C=O) groups excluding carboxylic acids is 2. The van der Waals surface area contributed by atoms with Crippen molar-refractivity contribution < 1.29 is 19.1 Å². The van der Waals surface area contributed by atoms with E-state index in [2.05, 4.69) is 20.5 Å². The van der Waals surface area contributed by atoms with E-state index >= 15 is 0 Å². The Balaban J connectivity index is 1.58. The number of fused-ring (bicyclic) bond motifs is 1. The third kappa shape index (κ3) is 4.46. The topological polar surface area (TPSA) is 116 Å². The van der Waals surface area contributed by atoms with Gasteiger partial charge in [-0.25, -0.2) is 9.50 Å². The van der Waals surface area contributed by atoms with Crippen LogP contribution in [0, 0.1) is 0 Å². The number of pyridine rings is 1. The van der Waals surface area contributed by atoms with Crippen molar-refractivity contribution in [2.75, 3.05) is 39.7 Å². The second kappa shape index (κ2) is 9.71. The molecule has 4 rings (SSSR count). The molecule has 11 nitrogen and oxygen atoms in total. The van der Waals surface area contributed by atoms with E-state index in [1.807, 2.05) is 24.3 Å². The van der Waals surface area contributed by atoms with Crippen molar-refractivity contribution in [3.63, 3.8) is 0 Å². The lowest BCUT2D eigenvalue weighted by Crippen LogP contribution is -2.31. The molecule has 1 N–H and O–H groups in total. The van der Waals surface area contributed by atoms with Gasteiger partial charge in [-0.2, -0.15) is 5.10 Å². The maximum atomic E-state index is 13.1. The van der Waals surface area contributed by atoms with E-state index in [0.717, 1.165) is 5.56 Å². The first-order valence-corrected chi connectivity index (χ1v) is 10.5. The highest BCUT2D eigenvalue weighted by atomic mass is 16.5. The first kappa shape index (κ1) is 22.9. The summed E-state index contributed by atoms with van der Waals surface area (Å²) in [6.45, 7) is 0.780. The number of hydrogen-bond acceptors (Lipinski definition) is 7. The zero-order chi connectivity index (χ0) is 24.2. The molecule has 0 spiro atoms. The van der Waals surface area contributed by atoms with Crippen LogP contribution < -0.4 is 10.1 Å². The molecule has 3 heterocycles. The van der Waals surface area contributed by atoms with Crippen LogP contribution in [0.15, 0.2) is 48.8 Å². The Hall–Kier alpha value is -4.25. The fourth-order valence-corrected chi connectivity index (χ4v) is 3.49. The average Bonchev–Trinajstić information content (AvgIpc) is 3.45. The fourth-order valence-electron chi connectivity index (χ4n) is 3.49. The number of carbonyl (C=O) groups is 2. The first-order valence-electron chi connectivity index (χ1n) is 10.5. The van der Waals surface area contributed by atoms with Crippen molar-refractivity contribution in [1.29, 1.82) is 0 Å². The minimum absolute atomic E-state index is 0.158. The molecule has 0 aliphatic heterocycles. The number of ether oxygens (including phenoxy) is 2. The zero-order valence-electron chi connectivity index (χ0n) is 19.3. The number of aromatic nitrogens is 5. The smallest absolute Gasteiger partial charge is 0.274 e. The number of nitrogens with zero attached hydrogens (tertiary/aromatic N) is 6. The second-order valence-corrected chi connectivity index (χ2v) is 7.56. The molecule has 0 radical (unpaired) electrons. The molecule has 3 aromatic heterocycles. The summed E-state index contributed by atoms with van der Waals surface area (Å²) in [5.74, 6) is 0.386. The number of benzene rings is 1. The highest BCUT2D eigenvalue weighted by Crippen LogP contribution is 2.27. The largest absolute Gasteiger partial charge is 0.496 e. The summed E-state index contributed by atoms with van der Waals surface area (Å²) in [4.78, 5) is 31.9. The molecule has 4 aromatic rings. The van der Waals surface area contributed by atoms with Crippen LogP contribution in [0.3, 0.4) is 0 Å². The Morgan fingerprint density at radius 2 is 1.97 bits per heavy atom. The van der Waals surface area contributed by atoms with Gasteiger partial charge in [0.25, 0.3) is 11.8 Å². The quantitative estimate of drug-likeness (QED) is 0.425. The van der Waals surface area contributed by atoms with Crippen molar-refractivity contribution >= 4 is 23.1 Å². The number of para-hydroxylation sites is 1. The summed E-state index contributed by atoms with van der Waals surface area (Å²) in [6, 6.07) is 10.9. The highest BCUT2D eigenvalue weighted by molar-refractivity contribution is 6.11. The lowest BCUT2D eigenvalue weighted by atomic mass is 10.2. The maximum Gasteiger partial charge on any atom is 0.274 e. The summed E-state index contributed by atoms with van der Waals surface area (Å²) in [7, 11) is 6.42. The number of nitrogens with one attached hydrogen (secondary N) is 1. The van der Waals surface area contributed by atoms with Crippen LogP contribution in [-0.4, -0.2) is 75.5 Å². The van der Waals surface area contributed by atoms with E-state index < -0.39 is 5.91 Å². The first-order chi connectivity index (χ1) is 16.4. The molecule has 0 fully saturated rings. The number of methoxy groups -OCH3 is 2. The lowest BCUT2D eigenvalue weighted by molar-refractivity contribution is 0.0740. The standard InChI is InChI=1S/C23H25N7O4/c1-28(11-12-33-3)23(32)17-14-24-29(2)20(17)22(31)25-15-9-10-30-19(13-15)26-21(27-30)16-7-5-6-8-18(16)34-4/h5-10,13-14H,11-12H2,1-4H3,(H,25,31). The van der Waals surface area contributed by atoms with E-state index in [9.17, 15) is 9.59 Å². The number of aryl methyl sites for hydroxylation is 1.